The van der Waals surface area contributed by atoms with E-state index in [2.05, 4.69) is 15.5 Å². The van der Waals surface area contributed by atoms with E-state index in [9.17, 15) is 14.9 Å². The van der Waals surface area contributed by atoms with Gasteiger partial charge in [0.25, 0.3) is 5.69 Å². The number of carbonyl (C=O) groups is 1. The van der Waals surface area contributed by atoms with E-state index < -0.39 is 4.92 Å². The number of nitro benzene ring substituents is 1. The first-order valence-electron chi connectivity index (χ1n) is 11.0. The summed E-state index contributed by atoms with van der Waals surface area (Å²) >= 11 is 7.29. The molecule has 1 aliphatic rings. The lowest BCUT2D eigenvalue weighted by atomic mass is 10.2. The molecule has 0 bridgehead atoms. The van der Waals surface area contributed by atoms with Crippen molar-refractivity contribution in [2.45, 2.75) is 50.4 Å². The average molecular weight is 502 g/mol. The lowest BCUT2D eigenvalue weighted by molar-refractivity contribution is -0.384. The Balaban J connectivity index is 1.40. The lowest BCUT2D eigenvalue weighted by Crippen LogP contribution is -2.15. The summed E-state index contributed by atoms with van der Waals surface area (Å²) in [6.07, 6.45) is 4.95. The van der Waals surface area contributed by atoms with Gasteiger partial charge in [0, 0.05) is 24.2 Å². The number of non-ortho nitro benzene ring substituents is 1. The number of halogens is 1. The largest absolute Gasteiger partial charge is 0.490 e. The third kappa shape index (κ3) is 5.68. The van der Waals surface area contributed by atoms with Gasteiger partial charge in [-0.05, 0) is 62.9 Å². The predicted molar refractivity (Wildman–Crippen MR) is 131 cm³/mol. The van der Waals surface area contributed by atoms with Crippen LogP contribution >= 0.6 is 23.4 Å². The summed E-state index contributed by atoms with van der Waals surface area (Å²) in [5.74, 6) is 1.25. The minimum atomic E-state index is -0.542. The molecule has 1 N–H and O–H groups in total. The van der Waals surface area contributed by atoms with E-state index in [1.165, 1.54) is 42.8 Å². The van der Waals surface area contributed by atoms with E-state index in [0.717, 1.165) is 24.2 Å². The average Bonchev–Trinajstić information content (AvgIpc) is 3.49. The molecular weight excluding hydrogens is 478 g/mol. The Morgan fingerprint density at radius 1 is 1.24 bits per heavy atom. The summed E-state index contributed by atoms with van der Waals surface area (Å²) in [6, 6.07) is 11.7. The molecule has 2 aromatic carbocycles. The maximum Gasteiger partial charge on any atom is 0.271 e. The molecule has 0 spiro atoms. The predicted octanol–water partition coefficient (Wildman–Crippen LogP) is 5.58. The molecule has 1 heterocycles. The first kappa shape index (κ1) is 24.0. The summed E-state index contributed by atoms with van der Waals surface area (Å²) in [4.78, 5) is 22.9. The highest BCUT2D eigenvalue weighted by Gasteiger charge is 2.18. The fraction of sp³-hybridized carbons (Fsp3) is 0.348. The molecule has 0 atom stereocenters. The smallest absolute Gasteiger partial charge is 0.271 e. The van der Waals surface area contributed by atoms with Gasteiger partial charge in [-0.2, -0.15) is 0 Å². The Bertz CT molecular complexity index is 1180. The van der Waals surface area contributed by atoms with Gasteiger partial charge in [-0.1, -0.05) is 23.4 Å². The first-order valence-corrected chi connectivity index (χ1v) is 12.4. The molecule has 0 radical (unpaired) electrons. The van der Waals surface area contributed by atoms with Gasteiger partial charge in [0.2, 0.25) is 5.91 Å². The van der Waals surface area contributed by atoms with Crippen LogP contribution in [0.4, 0.5) is 11.4 Å². The molecular formula is C23H24ClN5O4S. The normalized spacial score (nSPS) is 13.7. The SMILES string of the molecule is CCn1c(SCC(=O)Nc2cc([N+](=O)[O-])ccc2Cl)nnc1-c1ccc(OC2CCCC2)cc1. The lowest BCUT2D eigenvalue weighted by Gasteiger charge is -2.13. The van der Waals surface area contributed by atoms with Crippen LogP contribution in [-0.2, 0) is 11.3 Å². The molecule has 4 rings (SSSR count). The number of aromatic nitrogens is 3. The highest BCUT2D eigenvalue weighted by Crippen LogP contribution is 2.29. The van der Waals surface area contributed by atoms with Crippen LogP contribution < -0.4 is 10.1 Å². The van der Waals surface area contributed by atoms with Crippen molar-refractivity contribution in [2.75, 3.05) is 11.1 Å². The molecule has 9 nitrogen and oxygen atoms in total. The van der Waals surface area contributed by atoms with Crippen LogP contribution in [0.2, 0.25) is 5.02 Å². The first-order chi connectivity index (χ1) is 16.4. The van der Waals surface area contributed by atoms with Crippen molar-refractivity contribution < 1.29 is 14.5 Å². The number of benzene rings is 2. The van der Waals surface area contributed by atoms with Gasteiger partial charge in [-0.25, -0.2) is 0 Å². The molecule has 0 saturated heterocycles. The fourth-order valence-corrected chi connectivity index (χ4v) is 4.78. The van der Waals surface area contributed by atoms with Gasteiger partial charge >= 0.3 is 0 Å². The highest BCUT2D eigenvalue weighted by molar-refractivity contribution is 7.99. The van der Waals surface area contributed by atoms with E-state index in [1.807, 2.05) is 35.8 Å². The molecule has 34 heavy (non-hydrogen) atoms. The van der Waals surface area contributed by atoms with Gasteiger partial charge < -0.3 is 14.6 Å². The summed E-state index contributed by atoms with van der Waals surface area (Å²) in [6.45, 7) is 2.61. The zero-order valence-corrected chi connectivity index (χ0v) is 20.1. The van der Waals surface area contributed by atoms with E-state index in [-0.39, 0.29) is 28.1 Å². The summed E-state index contributed by atoms with van der Waals surface area (Å²) in [7, 11) is 0. The third-order valence-electron chi connectivity index (χ3n) is 5.52. The Kier molecular flexibility index (Phi) is 7.69. The molecule has 11 heteroatoms. The number of nitro groups is 1. The van der Waals surface area contributed by atoms with E-state index in [0.29, 0.717) is 23.6 Å². The maximum absolute atomic E-state index is 12.4. The fourth-order valence-electron chi connectivity index (χ4n) is 3.81. The molecule has 3 aromatic rings. The number of carbonyl (C=O) groups excluding carboxylic acids is 1. The Hall–Kier alpha value is -3.11. The Labute approximate surface area is 206 Å². The molecule has 1 aliphatic carbocycles. The summed E-state index contributed by atoms with van der Waals surface area (Å²) < 4.78 is 7.97. The second kappa shape index (κ2) is 10.9. The minimum absolute atomic E-state index is 0.0469. The van der Waals surface area contributed by atoms with Crippen molar-refractivity contribution >= 4 is 40.6 Å². The number of hydrogen-bond donors (Lipinski definition) is 1. The van der Waals surface area contributed by atoms with Crippen LogP contribution in [0.1, 0.15) is 32.6 Å². The van der Waals surface area contributed by atoms with Crippen molar-refractivity contribution in [3.63, 3.8) is 0 Å². The summed E-state index contributed by atoms with van der Waals surface area (Å²) in [5, 5.41) is 23.0. The molecule has 1 amide bonds. The van der Waals surface area contributed by atoms with E-state index in [4.69, 9.17) is 16.3 Å². The van der Waals surface area contributed by atoms with Crippen LogP contribution in [0, 0.1) is 10.1 Å². The van der Waals surface area contributed by atoms with E-state index >= 15 is 0 Å². The monoisotopic (exact) mass is 501 g/mol. The summed E-state index contributed by atoms with van der Waals surface area (Å²) in [5.41, 5.74) is 0.953. The van der Waals surface area contributed by atoms with Crippen molar-refractivity contribution in [2.24, 2.45) is 0 Å². The van der Waals surface area contributed by atoms with Gasteiger partial charge in [-0.15, -0.1) is 10.2 Å². The quantitative estimate of drug-likeness (QED) is 0.231. The molecule has 0 unspecified atom stereocenters. The molecule has 0 aliphatic heterocycles. The van der Waals surface area contributed by atoms with Crippen LogP contribution in [0.5, 0.6) is 5.75 Å². The van der Waals surface area contributed by atoms with Crippen molar-refractivity contribution in [3.8, 4) is 17.1 Å². The zero-order valence-electron chi connectivity index (χ0n) is 18.6. The number of nitrogens with one attached hydrogen (secondary N) is 1. The Morgan fingerprint density at radius 3 is 2.65 bits per heavy atom. The number of rotatable bonds is 9. The van der Waals surface area contributed by atoms with Crippen LogP contribution in [0.25, 0.3) is 11.4 Å². The maximum atomic E-state index is 12.4. The zero-order chi connectivity index (χ0) is 24.1. The van der Waals surface area contributed by atoms with Crippen molar-refractivity contribution in [1.82, 2.24) is 14.8 Å². The van der Waals surface area contributed by atoms with Gasteiger partial charge in [-0.3, -0.25) is 14.9 Å². The van der Waals surface area contributed by atoms with Gasteiger partial charge in [0.15, 0.2) is 11.0 Å². The van der Waals surface area contributed by atoms with Crippen molar-refractivity contribution in [1.29, 1.82) is 0 Å². The Morgan fingerprint density at radius 2 is 1.97 bits per heavy atom. The third-order valence-corrected chi connectivity index (χ3v) is 6.81. The molecule has 1 fully saturated rings. The number of amides is 1. The van der Waals surface area contributed by atoms with E-state index in [1.54, 1.807) is 0 Å². The van der Waals surface area contributed by atoms with Crippen LogP contribution in [-0.4, -0.2) is 37.5 Å². The van der Waals surface area contributed by atoms with Crippen molar-refractivity contribution in [3.05, 3.63) is 57.6 Å². The number of hydrogen-bond acceptors (Lipinski definition) is 7. The second-order valence-corrected chi connectivity index (χ2v) is 9.21. The number of ether oxygens (including phenoxy) is 1. The van der Waals surface area contributed by atoms with Gasteiger partial charge in [0.05, 0.1) is 27.5 Å². The number of anilines is 1. The minimum Gasteiger partial charge on any atom is -0.490 e. The molecule has 1 saturated carbocycles. The molecule has 178 valence electrons. The second-order valence-electron chi connectivity index (χ2n) is 7.86. The number of thioether (sulfide) groups is 1. The van der Waals surface area contributed by atoms with Crippen LogP contribution in [0.3, 0.4) is 0 Å². The topological polar surface area (TPSA) is 112 Å². The number of nitrogens with zero attached hydrogens (tertiary/aromatic N) is 4. The van der Waals surface area contributed by atoms with Crippen LogP contribution in [0.15, 0.2) is 47.6 Å². The van der Waals surface area contributed by atoms with Gasteiger partial charge in [0.1, 0.15) is 5.75 Å². The molecule has 1 aromatic heterocycles. The standard InChI is InChI=1S/C23H24ClN5O4S/c1-2-28-22(15-7-10-18(11-8-15)33-17-5-3-4-6-17)26-27-23(28)34-14-21(30)25-20-13-16(29(31)32)9-12-19(20)24/h7-13,17H,2-6,14H2,1H3,(H,25,30). The highest BCUT2D eigenvalue weighted by atomic mass is 35.5.